The number of benzene rings is 2. The molecule has 2 aromatic rings. The highest BCUT2D eigenvalue weighted by molar-refractivity contribution is 5.92. The highest BCUT2D eigenvalue weighted by Gasteiger charge is 2.30. The van der Waals surface area contributed by atoms with Gasteiger partial charge in [-0.1, -0.05) is 18.2 Å². The Morgan fingerprint density at radius 3 is 2.17 bits per heavy atom. The van der Waals surface area contributed by atoms with E-state index in [1.807, 2.05) is 35.2 Å². The van der Waals surface area contributed by atoms with Crippen molar-refractivity contribution in [3.63, 3.8) is 0 Å². The fourth-order valence-electron chi connectivity index (χ4n) is 3.13. The summed E-state index contributed by atoms with van der Waals surface area (Å²) >= 11 is 0. The van der Waals surface area contributed by atoms with Gasteiger partial charge in [-0.25, -0.2) is 0 Å². The molecule has 1 aliphatic heterocycles. The molecule has 0 aliphatic carbocycles. The fraction of sp³-hybridized carbons (Fsp3) is 0.381. The van der Waals surface area contributed by atoms with Crippen molar-refractivity contribution < 1.29 is 22.7 Å². The maximum absolute atomic E-state index is 12.6. The van der Waals surface area contributed by atoms with Crippen LogP contribution in [0.25, 0.3) is 0 Å². The molecule has 1 saturated heterocycles. The minimum Gasteiger partial charge on any atom is -0.492 e. The largest absolute Gasteiger partial charge is 0.492 e. The molecule has 0 saturated carbocycles. The van der Waals surface area contributed by atoms with Crippen molar-refractivity contribution in [1.82, 2.24) is 9.80 Å². The quantitative estimate of drug-likeness (QED) is 0.765. The number of carbonyl (C=O) groups is 1. The van der Waals surface area contributed by atoms with Crippen molar-refractivity contribution in [3.8, 4) is 5.75 Å². The van der Waals surface area contributed by atoms with E-state index in [2.05, 4.69) is 10.2 Å². The first kappa shape index (κ1) is 21.1. The number of piperazine rings is 1. The van der Waals surface area contributed by atoms with Crippen LogP contribution in [0.1, 0.15) is 5.56 Å². The van der Waals surface area contributed by atoms with Crippen LogP contribution in [0, 0.1) is 0 Å². The van der Waals surface area contributed by atoms with Gasteiger partial charge in [0.1, 0.15) is 12.4 Å². The number of amides is 1. The number of hydrogen-bond donors (Lipinski definition) is 1. The normalized spacial score (nSPS) is 15.8. The summed E-state index contributed by atoms with van der Waals surface area (Å²) in [5.41, 5.74) is -0.373. The molecule has 1 amide bonds. The minimum atomic E-state index is -4.38. The molecule has 0 aromatic heterocycles. The fourth-order valence-corrected chi connectivity index (χ4v) is 3.13. The number of halogens is 3. The Morgan fingerprint density at radius 2 is 1.55 bits per heavy atom. The van der Waals surface area contributed by atoms with E-state index in [9.17, 15) is 18.0 Å². The average molecular weight is 407 g/mol. The lowest BCUT2D eigenvalue weighted by Crippen LogP contribution is -2.49. The number of alkyl halides is 3. The molecule has 156 valence electrons. The molecule has 0 unspecified atom stereocenters. The van der Waals surface area contributed by atoms with Gasteiger partial charge < -0.3 is 10.1 Å². The van der Waals surface area contributed by atoms with Crippen molar-refractivity contribution in [3.05, 3.63) is 60.2 Å². The molecule has 0 bridgehead atoms. The summed E-state index contributed by atoms with van der Waals surface area (Å²) in [7, 11) is 0. The van der Waals surface area contributed by atoms with Crippen molar-refractivity contribution in [2.24, 2.45) is 0 Å². The van der Waals surface area contributed by atoms with E-state index < -0.39 is 11.7 Å². The van der Waals surface area contributed by atoms with Crippen LogP contribution in [0.4, 0.5) is 18.9 Å². The maximum Gasteiger partial charge on any atom is 0.416 e. The van der Waals surface area contributed by atoms with E-state index in [0.29, 0.717) is 12.3 Å². The number of anilines is 1. The second kappa shape index (κ2) is 9.76. The summed E-state index contributed by atoms with van der Waals surface area (Å²) in [4.78, 5) is 16.5. The van der Waals surface area contributed by atoms with Crippen LogP contribution in [0.15, 0.2) is 54.6 Å². The summed E-state index contributed by atoms with van der Waals surface area (Å²) in [6.07, 6.45) is -4.38. The SMILES string of the molecule is O=C(CN1CCN(CCOc2ccccc2)CC1)Nc1ccc(C(F)(F)F)cc1. The first-order valence-corrected chi connectivity index (χ1v) is 9.50. The second-order valence-corrected chi connectivity index (χ2v) is 6.90. The lowest BCUT2D eigenvalue weighted by Gasteiger charge is -2.34. The van der Waals surface area contributed by atoms with Gasteiger partial charge >= 0.3 is 6.18 Å². The van der Waals surface area contributed by atoms with E-state index in [1.165, 1.54) is 12.1 Å². The number of rotatable bonds is 7. The van der Waals surface area contributed by atoms with Gasteiger partial charge in [0.05, 0.1) is 12.1 Å². The molecule has 0 atom stereocenters. The third-order valence-electron chi connectivity index (χ3n) is 4.75. The zero-order chi connectivity index (χ0) is 20.7. The molecule has 0 spiro atoms. The number of nitrogens with zero attached hydrogens (tertiary/aromatic N) is 2. The number of carbonyl (C=O) groups excluding carboxylic acids is 1. The van der Waals surface area contributed by atoms with Crippen LogP contribution >= 0.6 is 0 Å². The molecule has 3 rings (SSSR count). The lowest BCUT2D eigenvalue weighted by molar-refractivity contribution is -0.137. The van der Waals surface area contributed by atoms with Crippen LogP contribution < -0.4 is 10.1 Å². The summed E-state index contributed by atoms with van der Waals surface area (Å²) in [6, 6.07) is 14.1. The Bertz CT molecular complexity index is 774. The first-order chi connectivity index (χ1) is 13.9. The van der Waals surface area contributed by atoms with Gasteiger partial charge in [-0.3, -0.25) is 14.6 Å². The van der Waals surface area contributed by atoms with Crippen molar-refractivity contribution >= 4 is 11.6 Å². The maximum atomic E-state index is 12.6. The molecule has 0 radical (unpaired) electrons. The molecule has 29 heavy (non-hydrogen) atoms. The van der Waals surface area contributed by atoms with Gasteiger partial charge in [0, 0.05) is 38.4 Å². The van der Waals surface area contributed by atoms with Gasteiger partial charge in [0.15, 0.2) is 0 Å². The molecule has 1 N–H and O–H groups in total. The highest BCUT2D eigenvalue weighted by Crippen LogP contribution is 2.29. The van der Waals surface area contributed by atoms with Gasteiger partial charge in [0.2, 0.25) is 5.91 Å². The third-order valence-corrected chi connectivity index (χ3v) is 4.75. The summed E-state index contributed by atoms with van der Waals surface area (Å²) in [5.74, 6) is 0.622. The van der Waals surface area contributed by atoms with Crippen molar-refractivity contribution in [1.29, 1.82) is 0 Å². The van der Waals surface area contributed by atoms with E-state index in [-0.39, 0.29) is 12.5 Å². The number of nitrogens with one attached hydrogen (secondary N) is 1. The monoisotopic (exact) mass is 407 g/mol. The van der Waals surface area contributed by atoms with E-state index >= 15 is 0 Å². The van der Waals surface area contributed by atoms with Gasteiger partial charge in [0.25, 0.3) is 0 Å². The molecule has 8 heteroatoms. The molecule has 5 nitrogen and oxygen atoms in total. The molecule has 2 aromatic carbocycles. The summed E-state index contributed by atoms with van der Waals surface area (Å²) in [6.45, 7) is 4.84. The van der Waals surface area contributed by atoms with Crippen molar-refractivity contribution in [2.45, 2.75) is 6.18 Å². The van der Waals surface area contributed by atoms with E-state index in [4.69, 9.17) is 4.74 Å². The minimum absolute atomic E-state index is 0.218. The standard InChI is InChI=1S/C21H24F3N3O2/c22-21(23,24)17-6-8-18(9-7-17)25-20(28)16-27-12-10-26(11-13-27)14-15-29-19-4-2-1-3-5-19/h1-9H,10-16H2,(H,25,28). The smallest absolute Gasteiger partial charge is 0.416 e. The van der Waals surface area contributed by atoms with Gasteiger partial charge in [-0.15, -0.1) is 0 Å². The molecule has 1 heterocycles. The van der Waals surface area contributed by atoms with Crippen molar-refractivity contribution in [2.75, 3.05) is 51.2 Å². The highest BCUT2D eigenvalue weighted by atomic mass is 19.4. The van der Waals surface area contributed by atoms with E-state index in [0.717, 1.165) is 50.6 Å². The Morgan fingerprint density at radius 1 is 0.931 bits per heavy atom. The van der Waals surface area contributed by atoms with Gasteiger partial charge in [-0.05, 0) is 36.4 Å². The molecular formula is C21H24F3N3O2. The Kier molecular flexibility index (Phi) is 7.11. The van der Waals surface area contributed by atoms with E-state index in [1.54, 1.807) is 0 Å². The zero-order valence-electron chi connectivity index (χ0n) is 16.0. The first-order valence-electron chi connectivity index (χ1n) is 9.50. The lowest BCUT2D eigenvalue weighted by atomic mass is 10.2. The molecule has 1 fully saturated rings. The van der Waals surface area contributed by atoms with Crippen LogP contribution in [-0.2, 0) is 11.0 Å². The third kappa shape index (κ3) is 6.76. The number of para-hydroxylation sites is 1. The van der Waals surface area contributed by atoms with Crippen LogP contribution in [0.5, 0.6) is 5.75 Å². The summed E-state index contributed by atoms with van der Waals surface area (Å²) in [5, 5.41) is 2.65. The predicted octanol–water partition coefficient (Wildman–Crippen LogP) is 3.34. The van der Waals surface area contributed by atoms with Crippen LogP contribution in [-0.4, -0.2) is 61.6 Å². The summed E-state index contributed by atoms with van der Waals surface area (Å²) < 4.78 is 43.4. The topological polar surface area (TPSA) is 44.8 Å². The average Bonchev–Trinajstić information content (AvgIpc) is 2.70. The second-order valence-electron chi connectivity index (χ2n) is 6.90. The molecule has 1 aliphatic rings. The zero-order valence-corrected chi connectivity index (χ0v) is 16.0. The Labute approximate surface area is 168 Å². The number of ether oxygens (including phenoxy) is 1. The van der Waals surface area contributed by atoms with Gasteiger partial charge in [-0.2, -0.15) is 13.2 Å². The molecular weight excluding hydrogens is 383 g/mol. The predicted molar refractivity (Wildman–Crippen MR) is 105 cm³/mol. The Balaban J connectivity index is 1.35. The number of hydrogen-bond acceptors (Lipinski definition) is 4. The van der Waals surface area contributed by atoms with Crippen LogP contribution in [0.3, 0.4) is 0 Å². The Hall–Kier alpha value is -2.58. The van der Waals surface area contributed by atoms with Crippen LogP contribution in [0.2, 0.25) is 0 Å².